The molecule has 6 heteroatoms. The Balaban J connectivity index is 1.62. The normalized spacial score (nSPS) is 27.4. The molecule has 1 atom stereocenters. The number of benzodiazepines with no additional fused rings is 1. The molecule has 2 amide bonds. The topological polar surface area (TPSA) is 79.0 Å². The minimum absolute atomic E-state index is 0.0159. The fourth-order valence-corrected chi connectivity index (χ4v) is 4.84. The Morgan fingerprint density at radius 3 is 2.36 bits per heavy atom. The van der Waals surface area contributed by atoms with Crippen LogP contribution in [0, 0.1) is 17.8 Å². The van der Waals surface area contributed by atoms with Crippen molar-refractivity contribution in [2.75, 3.05) is 24.5 Å². The fraction of sp³-hybridized carbons (Fsp3) is 0.591. The van der Waals surface area contributed by atoms with Crippen LogP contribution in [-0.4, -0.2) is 48.2 Å². The summed E-state index contributed by atoms with van der Waals surface area (Å²) in [5.74, 6) is 1.05. The van der Waals surface area contributed by atoms with Crippen molar-refractivity contribution in [1.29, 1.82) is 0 Å². The highest BCUT2D eigenvalue weighted by Gasteiger charge is 2.35. The first-order valence-electron chi connectivity index (χ1n) is 10.5. The summed E-state index contributed by atoms with van der Waals surface area (Å²) in [7, 11) is 0. The third-order valence-corrected chi connectivity index (χ3v) is 6.38. The summed E-state index contributed by atoms with van der Waals surface area (Å²) >= 11 is 0. The van der Waals surface area contributed by atoms with Gasteiger partial charge in [0.25, 0.3) is 5.91 Å². The van der Waals surface area contributed by atoms with Gasteiger partial charge >= 0.3 is 0 Å². The van der Waals surface area contributed by atoms with Crippen LogP contribution in [0.15, 0.2) is 29.3 Å². The van der Waals surface area contributed by atoms with E-state index >= 15 is 0 Å². The molecule has 1 saturated carbocycles. The molecule has 4 aliphatic rings. The van der Waals surface area contributed by atoms with Crippen LogP contribution in [0.25, 0.3) is 0 Å². The molecule has 3 aliphatic heterocycles. The molecule has 1 aliphatic carbocycles. The largest absolute Gasteiger partial charge is 0.341 e. The van der Waals surface area contributed by atoms with Crippen LogP contribution in [0.3, 0.4) is 0 Å². The quantitative estimate of drug-likeness (QED) is 0.872. The van der Waals surface area contributed by atoms with Gasteiger partial charge in [-0.05, 0) is 49.5 Å². The number of hydrogen-bond donors (Lipinski definition) is 1. The number of anilines is 1. The van der Waals surface area contributed by atoms with Crippen molar-refractivity contribution in [1.82, 2.24) is 4.90 Å². The second kappa shape index (κ2) is 7.66. The predicted molar refractivity (Wildman–Crippen MR) is 110 cm³/mol. The summed E-state index contributed by atoms with van der Waals surface area (Å²) in [5, 5.41) is 0. The molecule has 6 nitrogen and oxygen atoms in total. The average molecular weight is 383 g/mol. The minimum atomic E-state index is -0.974. The summed E-state index contributed by atoms with van der Waals surface area (Å²) in [6.07, 6.45) is 3.90. The molecule has 3 fully saturated rings. The van der Waals surface area contributed by atoms with Crippen LogP contribution in [0.4, 0.5) is 5.69 Å². The summed E-state index contributed by atoms with van der Waals surface area (Å²) in [6, 6.07) is 7.68. The van der Waals surface area contributed by atoms with Crippen LogP contribution >= 0.6 is 0 Å². The summed E-state index contributed by atoms with van der Waals surface area (Å²) in [4.78, 5) is 34.2. The number of hydrogen-bond acceptors (Lipinski definition) is 4. The lowest BCUT2D eigenvalue weighted by atomic mass is 9.84. The lowest BCUT2D eigenvalue weighted by molar-refractivity contribution is -0.132. The van der Waals surface area contributed by atoms with Crippen LogP contribution in [-0.2, 0) is 9.59 Å². The molecule has 3 heterocycles. The molecule has 28 heavy (non-hydrogen) atoms. The van der Waals surface area contributed by atoms with Crippen LogP contribution < -0.4 is 10.6 Å². The number of aliphatic imine (C=N–C) groups is 1. The van der Waals surface area contributed by atoms with Gasteiger partial charge in [0.15, 0.2) is 6.17 Å². The molecule has 1 aromatic rings. The summed E-state index contributed by atoms with van der Waals surface area (Å²) in [5.41, 5.74) is 8.55. The molecule has 150 valence electrons. The zero-order valence-corrected chi connectivity index (χ0v) is 16.8. The van der Waals surface area contributed by atoms with Crippen molar-refractivity contribution < 1.29 is 9.59 Å². The number of fused-ring (bicyclic) bond motifs is 5. The Kier molecular flexibility index (Phi) is 5.23. The monoisotopic (exact) mass is 382 g/mol. The first-order valence-corrected chi connectivity index (χ1v) is 10.5. The molecular weight excluding hydrogens is 352 g/mol. The van der Waals surface area contributed by atoms with Crippen LogP contribution in [0.5, 0.6) is 0 Å². The average Bonchev–Trinajstić information content (AvgIpc) is 3.07. The minimum Gasteiger partial charge on any atom is -0.341 e. The van der Waals surface area contributed by atoms with Gasteiger partial charge < -0.3 is 10.6 Å². The number of rotatable bonds is 3. The van der Waals surface area contributed by atoms with Crippen molar-refractivity contribution >= 4 is 23.2 Å². The number of benzene rings is 1. The van der Waals surface area contributed by atoms with E-state index in [1.807, 2.05) is 43.0 Å². The highest BCUT2D eigenvalue weighted by Crippen LogP contribution is 2.34. The number of carbonyl (C=O) groups excluding carboxylic acids is 2. The zero-order valence-electron chi connectivity index (χ0n) is 16.8. The molecule has 5 rings (SSSR count). The SMILES string of the molecule is CC(C)C1=N[C@H](N)C(=O)N(CC(=O)N2CC3CCC(CC3)C2)c2ccccc21. The predicted octanol–water partition coefficient (Wildman–Crippen LogP) is 2.41. The first kappa shape index (κ1) is 19.1. The molecule has 2 saturated heterocycles. The smallest absolute Gasteiger partial charge is 0.266 e. The first-order chi connectivity index (χ1) is 13.4. The maximum absolute atomic E-state index is 13.2. The van der Waals surface area contributed by atoms with Gasteiger partial charge in [-0.1, -0.05) is 32.0 Å². The lowest BCUT2D eigenvalue weighted by Crippen LogP contribution is -2.48. The Labute approximate surface area is 166 Å². The van der Waals surface area contributed by atoms with Crippen molar-refractivity contribution in [2.45, 2.75) is 45.7 Å². The summed E-state index contributed by atoms with van der Waals surface area (Å²) in [6.45, 7) is 5.75. The van der Waals surface area contributed by atoms with E-state index in [0.717, 1.165) is 30.1 Å². The van der Waals surface area contributed by atoms with Gasteiger partial charge in [-0.15, -0.1) is 0 Å². The van der Waals surface area contributed by atoms with Gasteiger partial charge in [-0.3, -0.25) is 19.5 Å². The van der Waals surface area contributed by atoms with Gasteiger partial charge in [0.05, 0.1) is 5.69 Å². The van der Waals surface area contributed by atoms with Crippen molar-refractivity contribution in [3.8, 4) is 0 Å². The molecule has 2 bridgehead atoms. The van der Waals surface area contributed by atoms with E-state index in [4.69, 9.17) is 5.73 Å². The maximum Gasteiger partial charge on any atom is 0.266 e. The van der Waals surface area contributed by atoms with Crippen molar-refractivity contribution in [2.24, 2.45) is 28.5 Å². The van der Waals surface area contributed by atoms with Gasteiger partial charge in [0.1, 0.15) is 6.54 Å². The standard InChI is InChI=1S/C22H30N4O2/c1-14(2)20-17-5-3-4-6-18(17)26(22(28)21(23)24-20)13-19(27)25-11-15-7-8-16(12-25)10-9-15/h3-6,14-16,21H,7-13,23H2,1-2H3/t15?,16?,21-/m0/s1. The molecule has 0 radical (unpaired) electrons. The molecule has 0 spiro atoms. The molecule has 1 aromatic carbocycles. The molecule has 2 N–H and O–H groups in total. The second-order valence-electron chi connectivity index (χ2n) is 8.74. The Bertz CT molecular complexity index is 781. The Morgan fingerprint density at radius 2 is 1.75 bits per heavy atom. The molecular formula is C22H30N4O2. The third kappa shape index (κ3) is 3.58. The van der Waals surface area contributed by atoms with E-state index in [-0.39, 0.29) is 24.3 Å². The van der Waals surface area contributed by atoms with E-state index < -0.39 is 6.17 Å². The van der Waals surface area contributed by atoms with Gasteiger partial charge in [-0.25, -0.2) is 0 Å². The molecule has 0 unspecified atom stereocenters. The van der Waals surface area contributed by atoms with E-state index in [2.05, 4.69) is 4.99 Å². The number of nitrogens with two attached hydrogens (primary N) is 1. The lowest BCUT2D eigenvalue weighted by Gasteiger charge is -2.28. The molecule has 0 aromatic heterocycles. The highest BCUT2D eigenvalue weighted by molar-refractivity contribution is 6.14. The van der Waals surface area contributed by atoms with Gasteiger partial charge in [0, 0.05) is 24.4 Å². The Morgan fingerprint density at radius 1 is 1.14 bits per heavy atom. The second-order valence-corrected chi connectivity index (χ2v) is 8.74. The van der Waals surface area contributed by atoms with Crippen LogP contribution in [0.2, 0.25) is 0 Å². The van der Waals surface area contributed by atoms with Crippen molar-refractivity contribution in [3.63, 3.8) is 0 Å². The summed E-state index contributed by atoms with van der Waals surface area (Å²) < 4.78 is 0. The van der Waals surface area contributed by atoms with Gasteiger partial charge in [0.2, 0.25) is 5.91 Å². The van der Waals surface area contributed by atoms with E-state index in [1.165, 1.54) is 25.7 Å². The number of carbonyl (C=O) groups is 2. The third-order valence-electron chi connectivity index (χ3n) is 6.38. The van der Waals surface area contributed by atoms with Gasteiger partial charge in [-0.2, -0.15) is 0 Å². The number of para-hydroxylation sites is 1. The highest BCUT2D eigenvalue weighted by atomic mass is 16.2. The zero-order chi connectivity index (χ0) is 19.8. The van der Waals surface area contributed by atoms with E-state index in [1.54, 1.807) is 4.90 Å². The fourth-order valence-electron chi connectivity index (χ4n) is 4.84. The van der Waals surface area contributed by atoms with Crippen LogP contribution in [0.1, 0.15) is 45.1 Å². The maximum atomic E-state index is 13.2. The number of nitrogens with zero attached hydrogens (tertiary/aromatic N) is 3. The Hall–Kier alpha value is -2.21. The van der Waals surface area contributed by atoms with Crippen molar-refractivity contribution in [3.05, 3.63) is 29.8 Å². The van der Waals surface area contributed by atoms with E-state index in [9.17, 15) is 9.59 Å². The van der Waals surface area contributed by atoms with E-state index in [0.29, 0.717) is 11.8 Å². The number of amides is 2.